The molecule has 0 aromatic carbocycles. The van der Waals surface area contributed by atoms with E-state index >= 15 is 0 Å². The van der Waals surface area contributed by atoms with Gasteiger partial charge >= 0.3 is 0 Å². The van der Waals surface area contributed by atoms with Crippen molar-refractivity contribution in [3.63, 3.8) is 0 Å². The highest BCUT2D eigenvalue weighted by Gasteiger charge is 2.36. The average molecular weight is 264 g/mol. The Morgan fingerprint density at radius 2 is 0.667 bits per heavy atom. The quantitative estimate of drug-likeness (QED) is 0.493. The first kappa shape index (κ1) is 14.6. The highest BCUT2D eigenvalue weighted by atomic mass is 19.2. The molecule has 0 unspecified atom stereocenters. The lowest BCUT2D eigenvalue weighted by Crippen LogP contribution is -2.16. The first-order valence-corrected chi connectivity index (χ1v) is 5.66. The van der Waals surface area contributed by atoms with Crippen LogP contribution in [0.3, 0.4) is 0 Å². The van der Waals surface area contributed by atoms with Gasteiger partial charge in [-0.25, -0.2) is 0 Å². The topological polar surface area (TPSA) is 34.1 Å². The molecular formula is C12H12F4O2. The summed E-state index contributed by atoms with van der Waals surface area (Å²) in [5.41, 5.74) is 0. The standard InChI is InChI=1S/C6F4O2.C6H12/c7-1-2(8)6(12)4(10)3(9)5(1)11;1-2-4-6-5-3-1/h;1-6H2. The van der Waals surface area contributed by atoms with Crippen LogP contribution in [0.5, 0.6) is 0 Å². The van der Waals surface area contributed by atoms with E-state index in [4.69, 9.17) is 0 Å². The molecule has 0 radical (unpaired) electrons. The van der Waals surface area contributed by atoms with E-state index in [9.17, 15) is 27.2 Å². The van der Waals surface area contributed by atoms with Crippen LogP contribution >= 0.6 is 0 Å². The fraction of sp³-hybridized carbons (Fsp3) is 0.500. The predicted molar refractivity (Wildman–Crippen MR) is 56.2 cm³/mol. The normalized spacial score (nSPS) is 20.9. The summed E-state index contributed by atoms with van der Waals surface area (Å²) >= 11 is 0. The maximum Gasteiger partial charge on any atom is 0.256 e. The summed E-state index contributed by atoms with van der Waals surface area (Å²) in [6.07, 6.45) is 9.00. The summed E-state index contributed by atoms with van der Waals surface area (Å²) in [5, 5.41) is 0. The summed E-state index contributed by atoms with van der Waals surface area (Å²) in [6.45, 7) is 0. The van der Waals surface area contributed by atoms with Crippen molar-refractivity contribution >= 4 is 11.6 Å². The summed E-state index contributed by atoms with van der Waals surface area (Å²) in [6, 6.07) is 0. The van der Waals surface area contributed by atoms with Gasteiger partial charge in [0.1, 0.15) is 0 Å². The fourth-order valence-corrected chi connectivity index (χ4v) is 1.65. The third-order valence-electron chi connectivity index (χ3n) is 2.68. The van der Waals surface area contributed by atoms with Gasteiger partial charge < -0.3 is 0 Å². The highest BCUT2D eigenvalue weighted by molar-refractivity contribution is 6.21. The van der Waals surface area contributed by atoms with Crippen molar-refractivity contribution in [3.05, 3.63) is 23.3 Å². The highest BCUT2D eigenvalue weighted by Crippen LogP contribution is 2.27. The van der Waals surface area contributed by atoms with Gasteiger partial charge in [0, 0.05) is 0 Å². The van der Waals surface area contributed by atoms with Gasteiger partial charge in [0.05, 0.1) is 0 Å². The molecule has 0 bridgehead atoms. The lowest BCUT2D eigenvalue weighted by molar-refractivity contribution is -0.120. The zero-order valence-electron chi connectivity index (χ0n) is 9.57. The molecule has 0 aromatic rings. The maximum atomic E-state index is 12.1. The Hall–Kier alpha value is -1.46. The van der Waals surface area contributed by atoms with Crippen LogP contribution in [0.1, 0.15) is 38.5 Å². The molecule has 1 fully saturated rings. The first-order valence-electron chi connectivity index (χ1n) is 5.66. The molecule has 0 spiro atoms. The SMILES string of the molecule is C1CCCCC1.O=C1C(F)=C(F)C(=O)C(F)=C1F. The van der Waals surface area contributed by atoms with Gasteiger partial charge in [-0.15, -0.1) is 0 Å². The lowest BCUT2D eigenvalue weighted by Gasteiger charge is -2.05. The van der Waals surface area contributed by atoms with Crippen LogP contribution in [-0.2, 0) is 9.59 Å². The van der Waals surface area contributed by atoms with Crippen molar-refractivity contribution in [1.82, 2.24) is 0 Å². The Balaban J connectivity index is 0.000000225. The molecule has 2 nitrogen and oxygen atoms in total. The second-order valence-corrected chi connectivity index (χ2v) is 4.04. The van der Waals surface area contributed by atoms with Gasteiger partial charge in [0.15, 0.2) is 0 Å². The van der Waals surface area contributed by atoms with Crippen LogP contribution in [0.2, 0.25) is 0 Å². The summed E-state index contributed by atoms with van der Waals surface area (Å²) in [4.78, 5) is 20.4. The molecule has 6 heteroatoms. The van der Waals surface area contributed by atoms with E-state index in [1.165, 1.54) is 38.5 Å². The molecule has 0 saturated heterocycles. The van der Waals surface area contributed by atoms with Crippen LogP contribution < -0.4 is 0 Å². The van der Waals surface area contributed by atoms with Crippen molar-refractivity contribution in [2.24, 2.45) is 0 Å². The number of allylic oxidation sites excluding steroid dienone is 4. The molecule has 0 amide bonds. The second kappa shape index (κ2) is 6.47. The zero-order valence-corrected chi connectivity index (χ0v) is 9.57. The molecule has 0 aromatic heterocycles. The smallest absolute Gasteiger partial charge is 0.256 e. The monoisotopic (exact) mass is 264 g/mol. The summed E-state index contributed by atoms with van der Waals surface area (Å²) in [7, 11) is 0. The minimum absolute atomic E-state index is 1.50. The number of halogens is 4. The van der Waals surface area contributed by atoms with Crippen molar-refractivity contribution in [2.75, 3.05) is 0 Å². The first-order chi connectivity index (χ1) is 8.46. The minimum atomic E-state index is -2.20. The molecule has 2 rings (SSSR count). The molecule has 0 heterocycles. The Labute approximate surface area is 101 Å². The van der Waals surface area contributed by atoms with Crippen molar-refractivity contribution in [1.29, 1.82) is 0 Å². The summed E-state index contributed by atoms with van der Waals surface area (Å²) < 4.78 is 48.6. The zero-order chi connectivity index (χ0) is 13.7. The van der Waals surface area contributed by atoms with E-state index in [-0.39, 0.29) is 0 Å². The van der Waals surface area contributed by atoms with Crippen LogP contribution in [0.25, 0.3) is 0 Å². The van der Waals surface area contributed by atoms with Gasteiger partial charge in [-0.05, 0) is 0 Å². The molecule has 0 N–H and O–H groups in total. The van der Waals surface area contributed by atoms with Crippen LogP contribution in [0.15, 0.2) is 23.3 Å². The van der Waals surface area contributed by atoms with Gasteiger partial charge in [0.25, 0.3) is 11.6 Å². The molecule has 0 atom stereocenters. The number of hydrogen-bond acceptors (Lipinski definition) is 2. The Bertz CT molecular complexity index is 346. The predicted octanol–water partition coefficient (Wildman–Crippen LogP) is 3.78. The Kier molecular flexibility index (Phi) is 5.25. The van der Waals surface area contributed by atoms with E-state index in [1.54, 1.807) is 0 Å². The molecule has 2 aliphatic carbocycles. The van der Waals surface area contributed by atoms with Crippen LogP contribution in [0, 0.1) is 0 Å². The number of ketones is 2. The van der Waals surface area contributed by atoms with Gasteiger partial charge in [-0.3, -0.25) is 9.59 Å². The third-order valence-corrected chi connectivity index (χ3v) is 2.68. The van der Waals surface area contributed by atoms with Gasteiger partial charge in [-0.2, -0.15) is 17.6 Å². The molecule has 1 saturated carbocycles. The number of rotatable bonds is 0. The molecule has 0 aliphatic heterocycles. The van der Waals surface area contributed by atoms with E-state index in [0.29, 0.717) is 0 Å². The van der Waals surface area contributed by atoms with Crippen LogP contribution in [0.4, 0.5) is 17.6 Å². The second-order valence-electron chi connectivity index (χ2n) is 4.04. The fourth-order valence-electron chi connectivity index (χ4n) is 1.65. The Morgan fingerprint density at radius 3 is 0.833 bits per heavy atom. The number of Topliss-reactive ketones (excluding diaryl/α,β-unsaturated/α-hetero) is 2. The van der Waals surface area contributed by atoms with Gasteiger partial charge in [-0.1, -0.05) is 38.5 Å². The van der Waals surface area contributed by atoms with E-state index < -0.39 is 34.9 Å². The largest absolute Gasteiger partial charge is 0.283 e. The lowest BCUT2D eigenvalue weighted by atomic mass is 10.0. The number of carbonyl (C=O) groups is 2. The van der Waals surface area contributed by atoms with Crippen molar-refractivity contribution < 1.29 is 27.2 Å². The van der Waals surface area contributed by atoms with Crippen LogP contribution in [-0.4, -0.2) is 11.6 Å². The van der Waals surface area contributed by atoms with Gasteiger partial charge in [0.2, 0.25) is 23.3 Å². The molecular weight excluding hydrogens is 252 g/mol. The van der Waals surface area contributed by atoms with E-state index in [2.05, 4.69) is 0 Å². The van der Waals surface area contributed by atoms with Crippen molar-refractivity contribution in [3.8, 4) is 0 Å². The Morgan fingerprint density at radius 1 is 0.500 bits per heavy atom. The average Bonchev–Trinajstić information content (AvgIpc) is 2.43. The third kappa shape index (κ3) is 3.27. The van der Waals surface area contributed by atoms with E-state index in [1.807, 2.05) is 0 Å². The molecule has 100 valence electrons. The minimum Gasteiger partial charge on any atom is -0.283 e. The summed E-state index contributed by atoms with van der Waals surface area (Å²) in [5.74, 6) is -12.9. The molecule has 2 aliphatic rings. The van der Waals surface area contributed by atoms with E-state index in [0.717, 1.165) is 0 Å². The number of hydrogen-bond donors (Lipinski definition) is 0. The van der Waals surface area contributed by atoms with Crippen molar-refractivity contribution in [2.45, 2.75) is 38.5 Å². The molecule has 18 heavy (non-hydrogen) atoms. The number of carbonyl (C=O) groups excluding carboxylic acids is 2. The maximum absolute atomic E-state index is 12.1.